The maximum absolute atomic E-state index is 9.02. The molecule has 110 valence electrons. The predicted octanol–water partition coefficient (Wildman–Crippen LogP) is 4.12. The van der Waals surface area contributed by atoms with E-state index in [1.807, 2.05) is 18.2 Å². The van der Waals surface area contributed by atoms with E-state index < -0.39 is 0 Å². The van der Waals surface area contributed by atoms with Crippen molar-refractivity contribution in [1.82, 2.24) is 4.98 Å². The fraction of sp³-hybridized carbons (Fsp3) is 0. The molecule has 0 spiro atoms. The standard InChI is InChI=1S/C16H8ClN5S/c17-13-7-12(22-14(10-20)11(8-18)9-19)4-5-15(13)23-16-3-1-2-6-21-16/h1-7,22H. The third-order valence-electron chi connectivity index (χ3n) is 2.64. The number of nitrogens with one attached hydrogen (secondary N) is 1. The molecule has 1 N–H and O–H groups in total. The van der Waals surface area contributed by atoms with Gasteiger partial charge in [0.25, 0.3) is 0 Å². The third kappa shape index (κ3) is 4.25. The summed E-state index contributed by atoms with van der Waals surface area (Å²) in [5.41, 5.74) is 0.117. The van der Waals surface area contributed by atoms with Crippen LogP contribution < -0.4 is 5.32 Å². The normalized spacial score (nSPS) is 9.13. The van der Waals surface area contributed by atoms with Crippen molar-refractivity contribution in [3.05, 3.63) is 58.9 Å². The topological polar surface area (TPSA) is 96.3 Å². The van der Waals surface area contributed by atoms with Gasteiger partial charge in [-0.3, -0.25) is 0 Å². The fourth-order valence-electron chi connectivity index (χ4n) is 1.61. The van der Waals surface area contributed by atoms with E-state index in [0.29, 0.717) is 10.7 Å². The van der Waals surface area contributed by atoms with Crippen LogP contribution in [0.1, 0.15) is 0 Å². The molecule has 0 saturated heterocycles. The van der Waals surface area contributed by atoms with Crippen molar-refractivity contribution in [1.29, 1.82) is 15.8 Å². The van der Waals surface area contributed by atoms with Gasteiger partial charge >= 0.3 is 0 Å². The molecule has 0 unspecified atom stereocenters. The Bertz CT molecular complexity index is 856. The molecule has 7 heteroatoms. The lowest BCUT2D eigenvalue weighted by Crippen LogP contribution is -2.00. The first-order chi connectivity index (χ1) is 11.2. The van der Waals surface area contributed by atoms with Crippen molar-refractivity contribution < 1.29 is 0 Å². The molecule has 2 aromatic rings. The predicted molar refractivity (Wildman–Crippen MR) is 87.3 cm³/mol. The highest BCUT2D eigenvalue weighted by molar-refractivity contribution is 7.99. The van der Waals surface area contributed by atoms with Crippen LogP contribution in [-0.2, 0) is 0 Å². The van der Waals surface area contributed by atoms with Gasteiger partial charge in [-0.1, -0.05) is 29.4 Å². The average molecular weight is 338 g/mol. The van der Waals surface area contributed by atoms with Gasteiger partial charge in [-0.25, -0.2) is 4.98 Å². The smallest absolute Gasteiger partial charge is 0.163 e. The lowest BCUT2D eigenvalue weighted by atomic mass is 10.2. The molecule has 0 aliphatic rings. The van der Waals surface area contributed by atoms with E-state index in [-0.39, 0.29) is 11.3 Å². The van der Waals surface area contributed by atoms with Crippen molar-refractivity contribution in [3.63, 3.8) is 0 Å². The van der Waals surface area contributed by atoms with Crippen LogP contribution >= 0.6 is 23.4 Å². The van der Waals surface area contributed by atoms with E-state index in [9.17, 15) is 0 Å². The Balaban J connectivity index is 2.24. The van der Waals surface area contributed by atoms with E-state index in [0.717, 1.165) is 9.92 Å². The van der Waals surface area contributed by atoms with E-state index in [1.165, 1.54) is 11.8 Å². The van der Waals surface area contributed by atoms with Crippen molar-refractivity contribution in [2.75, 3.05) is 5.32 Å². The molecular formula is C16H8ClN5S. The molecule has 1 heterocycles. The zero-order valence-corrected chi connectivity index (χ0v) is 13.2. The van der Waals surface area contributed by atoms with Gasteiger partial charge in [0.05, 0.1) is 5.02 Å². The first kappa shape index (κ1) is 16.4. The molecule has 2 rings (SSSR count). The summed E-state index contributed by atoms with van der Waals surface area (Å²) in [6.07, 6.45) is 1.70. The largest absolute Gasteiger partial charge is 0.345 e. The van der Waals surface area contributed by atoms with Gasteiger partial charge in [0, 0.05) is 16.8 Å². The maximum atomic E-state index is 9.02. The summed E-state index contributed by atoms with van der Waals surface area (Å²) in [5, 5.41) is 30.6. The molecule has 0 atom stereocenters. The second-order valence-electron chi connectivity index (χ2n) is 4.13. The first-order valence-corrected chi connectivity index (χ1v) is 7.47. The monoisotopic (exact) mass is 337 g/mol. The minimum absolute atomic E-state index is 0.115. The molecule has 1 aromatic heterocycles. The summed E-state index contributed by atoms with van der Waals surface area (Å²) in [5.74, 6) is 0. The van der Waals surface area contributed by atoms with Gasteiger partial charge in [0.15, 0.2) is 5.57 Å². The van der Waals surface area contributed by atoms with Crippen molar-refractivity contribution >= 4 is 29.1 Å². The highest BCUT2D eigenvalue weighted by Gasteiger charge is 2.09. The van der Waals surface area contributed by atoms with Crippen LogP contribution in [0.3, 0.4) is 0 Å². The Morgan fingerprint density at radius 1 is 1.09 bits per heavy atom. The molecule has 0 saturated carbocycles. The lowest BCUT2D eigenvalue weighted by Gasteiger charge is -2.08. The number of nitriles is 3. The molecule has 0 aliphatic heterocycles. The summed E-state index contributed by atoms with van der Waals surface area (Å²) in [6.45, 7) is 0. The summed E-state index contributed by atoms with van der Waals surface area (Å²) in [4.78, 5) is 5.02. The molecule has 0 bridgehead atoms. The van der Waals surface area contributed by atoms with Gasteiger partial charge in [-0.15, -0.1) is 0 Å². The molecule has 0 radical (unpaired) electrons. The number of aromatic nitrogens is 1. The lowest BCUT2D eigenvalue weighted by molar-refractivity contribution is 1.13. The van der Waals surface area contributed by atoms with Crippen LogP contribution in [-0.4, -0.2) is 4.98 Å². The van der Waals surface area contributed by atoms with Gasteiger partial charge < -0.3 is 5.32 Å². The van der Waals surface area contributed by atoms with Gasteiger partial charge in [-0.05, 0) is 30.3 Å². The average Bonchev–Trinajstić information content (AvgIpc) is 2.58. The number of hydrogen-bond donors (Lipinski definition) is 1. The van der Waals surface area contributed by atoms with Gasteiger partial charge in [0.2, 0.25) is 0 Å². The molecule has 0 aliphatic carbocycles. The van der Waals surface area contributed by atoms with Crippen LogP contribution in [0.5, 0.6) is 0 Å². The second-order valence-corrected chi connectivity index (χ2v) is 5.60. The quantitative estimate of drug-likeness (QED) is 0.843. The zero-order chi connectivity index (χ0) is 16.7. The van der Waals surface area contributed by atoms with Crippen LogP contribution in [0, 0.1) is 34.0 Å². The fourth-order valence-corrected chi connectivity index (χ4v) is 2.68. The van der Waals surface area contributed by atoms with Crippen molar-refractivity contribution in [2.24, 2.45) is 0 Å². The van der Waals surface area contributed by atoms with E-state index >= 15 is 0 Å². The number of hydrogen-bond acceptors (Lipinski definition) is 6. The van der Waals surface area contributed by atoms with E-state index in [4.69, 9.17) is 27.4 Å². The van der Waals surface area contributed by atoms with Gasteiger partial charge in [0.1, 0.15) is 28.9 Å². The highest BCUT2D eigenvalue weighted by Crippen LogP contribution is 2.34. The molecule has 1 aromatic carbocycles. The Morgan fingerprint density at radius 3 is 2.43 bits per heavy atom. The zero-order valence-electron chi connectivity index (χ0n) is 11.6. The van der Waals surface area contributed by atoms with E-state index in [2.05, 4.69) is 10.3 Å². The summed E-state index contributed by atoms with van der Waals surface area (Å²) in [6, 6.07) is 15.8. The minimum atomic E-state index is -0.282. The van der Waals surface area contributed by atoms with Gasteiger partial charge in [-0.2, -0.15) is 15.8 Å². The Hall–Kier alpha value is -2.98. The summed E-state index contributed by atoms with van der Waals surface area (Å²) >= 11 is 7.65. The number of anilines is 1. The van der Waals surface area contributed by atoms with Crippen LogP contribution in [0.4, 0.5) is 5.69 Å². The number of halogens is 1. The molecular weight excluding hydrogens is 330 g/mol. The summed E-state index contributed by atoms with van der Waals surface area (Å²) in [7, 11) is 0. The first-order valence-electron chi connectivity index (χ1n) is 6.28. The van der Waals surface area contributed by atoms with Crippen LogP contribution in [0.15, 0.2) is 63.8 Å². The van der Waals surface area contributed by atoms with Crippen molar-refractivity contribution in [2.45, 2.75) is 9.92 Å². The summed E-state index contributed by atoms with van der Waals surface area (Å²) < 4.78 is 0. The maximum Gasteiger partial charge on any atom is 0.163 e. The number of rotatable bonds is 4. The SMILES string of the molecule is N#CC(C#N)=C(C#N)Nc1ccc(Sc2ccccn2)c(Cl)c1. The van der Waals surface area contributed by atoms with Crippen LogP contribution in [0.2, 0.25) is 5.02 Å². The molecule has 23 heavy (non-hydrogen) atoms. The Morgan fingerprint density at radius 2 is 1.87 bits per heavy atom. The number of pyridine rings is 1. The molecule has 5 nitrogen and oxygen atoms in total. The molecule has 0 fully saturated rings. The second kappa shape index (κ2) is 7.87. The van der Waals surface area contributed by atoms with Crippen LogP contribution in [0.25, 0.3) is 0 Å². The number of nitrogens with zero attached hydrogens (tertiary/aromatic N) is 4. The van der Waals surface area contributed by atoms with E-state index in [1.54, 1.807) is 42.6 Å². The Kier molecular flexibility index (Phi) is 5.61. The minimum Gasteiger partial charge on any atom is -0.345 e. The van der Waals surface area contributed by atoms with Crippen molar-refractivity contribution in [3.8, 4) is 18.2 Å². The Labute approximate surface area is 142 Å². The number of allylic oxidation sites excluding steroid dienone is 2. The third-order valence-corrected chi connectivity index (χ3v) is 4.09. The molecule has 0 amide bonds. The highest BCUT2D eigenvalue weighted by atomic mass is 35.5. The number of benzene rings is 1.